The third-order valence-electron chi connectivity index (χ3n) is 7.38. The first kappa shape index (κ1) is 24.3. The standard InChI is InChI=1S/C29H35N3O4/c1-29(2)17-22-16-20(12-13-25(22)36-29)18-31(19-27(34)35)26(33)14-15-32-24-11-7-6-10-23(24)30-28(32)21-8-4-3-5-9-21/h6-7,10-13,16,21H,3-5,8-9,14-15,17-19H2,1-2H3,(H,34,35). The van der Waals surface area contributed by atoms with E-state index in [1.54, 1.807) is 0 Å². The lowest BCUT2D eigenvalue weighted by molar-refractivity contribution is -0.145. The number of carboxylic acid groups (broad SMARTS) is 1. The number of hydrogen-bond acceptors (Lipinski definition) is 4. The summed E-state index contributed by atoms with van der Waals surface area (Å²) in [6.07, 6.45) is 6.97. The number of amides is 1. The van der Waals surface area contributed by atoms with Crippen molar-refractivity contribution in [2.45, 2.75) is 83.4 Å². The Balaban J connectivity index is 1.34. The molecule has 1 aliphatic carbocycles. The smallest absolute Gasteiger partial charge is 0.323 e. The summed E-state index contributed by atoms with van der Waals surface area (Å²) in [6.45, 7) is 4.53. The van der Waals surface area contributed by atoms with E-state index in [2.05, 4.69) is 10.6 Å². The highest BCUT2D eigenvalue weighted by Gasteiger charge is 2.30. The van der Waals surface area contributed by atoms with Gasteiger partial charge in [0, 0.05) is 31.8 Å². The summed E-state index contributed by atoms with van der Waals surface area (Å²) < 4.78 is 8.15. The van der Waals surface area contributed by atoms with Crippen LogP contribution in [-0.2, 0) is 29.1 Å². The van der Waals surface area contributed by atoms with Gasteiger partial charge >= 0.3 is 5.97 Å². The highest BCUT2D eigenvalue weighted by Crippen LogP contribution is 2.36. The Labute approximate surface area is 212 Å². The fourth-order valence-electron chi connectivity index (χ4n) is 5.74. The number of ether oxygens (including phenoxy) is 1. The van der Waals surface area contributed by atoms with Gasteiger partial charge in [0.25, 0.3) is 0 Å². The first-order chi connectivity index (χ1) is 17.3. The molecule has 0 spiro atoms. The molecule has 1 aromatic heterocycles. The van der Waals surface area contributed by atoms with Gasteiger partial charge in [-0.3, -0.25) is 9.59 Å². The summed E-state index contributed by atoms with van der Waals surface area (Å²) in [7, 11) is 0. The van der Waals surface area contributed by atoms with Crippen molar-refractivity contribution in [3.05, 3.63) is 59.4 Å². The largest absolute Gasteiger partial charge is 0.487 e. The van der Waals surface area contributed by atoms with Crippen molar-refractivity contribution in [2.75, 3.05) is 6.54 Å². The molecule has 0 atom stereocenters. The van der Waals surface area contributed by atoms with Crippen molar-refractivity contribution < 1.29 is 19.4 Å². The number of carboxylic acids is 1. The molecule has 7 heteroatoms. The summed E-state index contributed by atoms with van der Waals surface area (Å²) >= 11 is 0. The minimum Gasteiger partial charge on any atom is -0.487 e. The first-order valence-electron chi connectivity index (χ1n) is 13.0. The molecule has 1 aliphatic heterocycles. The maximum atomic E-state index is 13.3. The molecular formula is C29H35N3O4. The predicted molar refractivity (Wildman–Crippen MR) is 138 cm³/mol. The molecule has 0 unspecified atom stereocenters. The van der Waals surface area contributed by atoms with Gasteiger partial charge in [-0.25, -0.2) is 4.98 Å². The lowest BCUT2D eigenvalue weighted by Crippen LogP contribution is -2.35. The van der Waals surface area contributed by atoms with Crippen molar-refractivity contribution in [1.82, 2.24) is 14.5 Å². The van der Waals surface area contributed by atoms with Gasteiger partial charge in [-0.15, -0.1) is 0 Å². The fourth-order valence-corrected chi connectivity index (χ4v) is 5.74. The van der Waals surface area contributed by atoms with Crippen molar-refractivity contribution in [3.8, 4) is 5.75 Å². The van der Waals surface area contributed by atoms with Crippen LogP contribution in [0, 0.1) is 0 Å². The molecule has 190 valence electrons. The van der Waals surface area contributed by atoms with Crippen molar-refractivity contribution in [3.63, 3.8) is 0 Å². The molecule has 1 amide bonds. The molecular weight excluding hydrogens is 454 g/mol. The number of aliphatic carboxylic acids is 1. The fraction of sp³-hybridized carbons (Fsp3) is 0.483. The molecule has 1 fully saturated rings. The van der Waals surface area contributed by atoms with Crippen LogP contribution in [0.25, 0.3) is 11.0 Å². The normalized spacial score (nSPS) is 17.1. The van der Waals surface area contributed by atoms with Gasteiger partial charge in [0.1, 0.15) is 23.7 Å². The summed E-state index contributed by atoms with van der Waals surface area (Å²) in [6, 6.07) is 14.0. The van der Waals surface area contributed by atoms with E-state index in [-0.39, 0.29) is 31.0 Å². The zero-order chi connectivity index (χ0) is 25.3. The average Bonchev–Trinajstić information content (AvgIpc) is 3.37. The van der Waals surface area contributed by atoms with Crippen molar-refractivity contribution >= 4 is 22.9 Å². The van der Waals surface area contributed by atoms with E-state index < -0.39 is 5.97 Å². The number of hydrogen-bond donors (Lipinski definition) is 1. The molecule has 3 aromatic rings. The van der Waals surface area contributed by atoms with Crippen LogP contribution in [0.2, 0.25) is 0 Å². The summed E-state index contributed by atoms with van der Waals surface area (Å²) in [5.74, 6) is 1.16. The number of fused-ring (bicyclic) bond motifs is 2. The number of imidazole rings is 1. The lowest BCUT2D eigenvalue weighted by atomic mass is 9.88. The molecule has 2 aliphatic rings. The Morgan fingerprint density at radius 3 is 2.69 bits per heavy atom. The molecule has 1 saturated carbocycles. The molecule has 2 heterocycles. The zero-order valence-corrected chi connectivity index (χ0v) is 21.2. The van der Waals surface area contributed by atoms with Gasteiger partial charge in [0.2, 0.25) is 5.91 Å². The molecule has 0 bridgehead atoms. The molecule has 36 heavy (non-hydrogen) atoms. The Morgan fingerprint density at radius 1 is 1.14 bits per heavy atom. The van der Waals surface area contributed by atoms with E-state index in [1.165, 1.54) is 24.2 Å². The Bertz CT molecular complexity index is 1270. The highest BCUT2D eigenvalue weighted by molar-refractivity contribution is 5.82. The average molecular weight is 490 g/mol. The Kier molecular flexibility index (Phi) is 6.73. The maximum Gasteiger partial charge on any atom is 0.323 e. The quantitative estimate of drug-likeness (QED) is 0.464. The number of benzene rings is 2. The van der Waals surface area contributed by atoms with Crippen LogP contribution in [0.15, 0.2) is 42.5 Å². The minimum absolute atomic E-state index is 0.165. The number of carbonyl (C=O) groups excluding carboxylic acids is 1. The molecule has 2 aromatic carbocycles. The van der Waals surface area contributed by atoms with Crippen LogP contribution in [0.5, 0.6) is 5.75 Å². The topological polar surface area (TPSA) is 84.7 Å². The number of aryl methyl sites for hydroxylation is 1. The summed E-state index contributed by atoms with van der Waals surface area (Å²) in [4.78, 5) is 31.4. The number of aromatic nitrogens is 2. The number of rotatable bonds is 8. The third-order valence-corrected chi connectivity index (χ3v) is 7.38. The van der Waals surface area contributed by atoms with Gasteiger partial charge in [-0.2, -0.15) is 0 Å². The second-order valence-corrected chi connectivity index (χ2v) is 10.8. The Hall–Kier alpha value is -3.35. The second-order valence-electron chi connectivity index (χ2n) is 10.8. The van der Waals surface area contributed by atoms with Crippen LogP contribution >= 0.6 is 0 Å². The van der Waals surface area contributed by atoms with Crippen LogP contribution in [0.3, 0.4) is 0 Å². The van der Waals surface area contributed by atoms with Crippen LogP contribution in [0.4, 0.5) is 0 Å². The van der Waals surface area contributed by atoms with Crippen molar-refractivity contribution in [2.24, 2.45) is 0 Å². The van der Waals surface area contributed by atoms with Gasteiger partial charge in [-0.05, 0) is 56.0 Å². The highest BCUT2D eigenvalue weighted by atomic mass is 16.5. The van der Waals surface area contributed by atoms with Crippen molar-refractivity contribution in [1.29, 1.82) is 0 Å². The van der Waals surface area contributed by atoms with Crippen LogP contribution in [-0.4, -0.2) is 43.6 Å². The first-order valence-corrected chi connectivity index (χ1v) is 13.0. The third kappa shape index (κ3) is 5.25. The SMILES string of the molecule is CC1(C)Cc2cc(CN(CC(=O)O)C(=O)CCn3c(C4CCCCC4)nc4ccccc43)ccc2O1. The van der Waals surface area contributed by atoms with E-state index in [0.29, 0.717) is 12.5 Å². The molecule has 0 radical (unpaired) electrons. The van der Waals surface area contributed by atoms with Gasteiger partial charge in [0.05, 0.1) is 11.0 Å². The van der Waals surface area contributed by atoms with E-state index in [0.717, 1.165) is 53.0 Å². The van der Waals surface area contributed by atoms with Crippen LogP contribution < -0.4 is 4.74 Å². The molecule has 7 nitrogen and oxygen atoms in total. The Morgan fingerprint density at radius 2 is 1.92 bits per heavy atom. The van der Waals surface area contributed by atoms with Gasteiger partial charge in [-0.1, -0.05) is 43.5 Å². The van der Waals surface area contributed by atoms with E-state index in [4.69, 9.17) is 9.72 Å². The summed E-state index contributed by atoms with van der Waals surface area (Å²) in [5, 5.41) is 9.51. The van der Waals surface area contributed by atoms with Gasteiger partial charge in [0.15, 0.2) is 0 Å². The predicted octanol–water partition coefficient (Wildman–Crippen LogP) is 5.30. The number of nitrogens with zero attached hydrogens (tertiary/aromatic N) is 3. The van der Waals surface area contributed by atoms with E-state index in [9.17, 15) is 14.7 Å². The van der Waals surface area contributed by atoms with Crippen LogP contribution in [0.1, 0.15) is 75.2 Å². The second kappa shape index (κ2) is 9.96. The zero-order valence-electron chi connectivity index (χ0n) is 21.2. The van der Waals surface area contributed by atoms with E-state index in [1.807, 2.05) is 50.2 Å². The molecule has 5 rings (SSSR count). The molecule has 0 saturated heterocycles. The minimum atomic E-state index is -1.01. The summed E-state index contributed by atoms with van der Waals surface area (Å²) in [5.41, 5.74) is 3.76. The van der Waals surface area contributed by atoms with E-state index >= 15 is 0 Å². The number of para-hydroxylation sites is 2. The monoisotopic (exact) mass is 489 g/mol. The van der Waals surface area contributed by atoms with Gasteiger partial charge < -0.3 is 19.3 Å². The maximum absolute atomic E-state index is 13.3. The lowest BCUT2D eigenvalue weighted by Gasteiger charge is -2.24. The molecule has 1 N–H and O–H groups in total. The number of carbonyl (C=O) groups is 2.